The lowest BCUT2D eigenvalue weighted by atomic mass is 10.0. The maximum Gasteiger partial charge on any atom is 0.410 e. The average Bonchev–Trinajstić information content (AvgIpc) is 2.73. The molecule has 1 aliphatic heterocycles. The molecule has 168 valence electrons. The van der Waals surface area contributed by atoms with Gasteiger partial charge < -0.3 is 19.3 Å². The van der Waals surface area contributed by atoms with Crippen molar-refractivity contribution >= 4 is 6.09 Å². The van der Waals surface area contributed by atoms with Gasteiger partial charge in [-0.2, -0.15) is 0 Å². The van der Waals surface area contributed by atoms with Crippen LogP contribution in [0.4, 0.5) is 13.6 Å². The highest BCUT2D eigenvalue weighted by Gasteiger charge is 2.29. The van der Waals surface area contributed by atoms with Crippen molar-refractivity contribution in [3.8, 4) is 5.75 Å². The fourth-order valence-corrected chi connectivity index (χ4v) is 3.65. The minimum atomic E-state index is -0.661. The van der Waals surface area contributed by atoms with Crippen LogP contribution in [0.25, 0.3) is 0 Å². The van der Waals surface area contributed by atoms with E-state index in [4.69, 9.17) is 9.47 Å². The number of carbonyl (C=O) groups excluding carboxylic acids is 1. The SMILES string of the molecule is CC(C)Oc1ccc(COC(=O)N(Cc2ccc(F)cc2F)C2CCN(C)CC2)cc1. The van der Waals surface area contributed by atoms with E-state index >= 15 is 0 Å². The molecule has 0 saturated carbocycles. The lowest BCUT2D eigenvalue weighted by Gasteiger charge is -2.36. The van der Waals surface area contributed by atoms with Crippen molar-refractivity contribution < 1.29 is 23.0 Å². The lowest BCUT2D eigenvalue weighted by Crippen LogP contribution is -2.46. The van der Waals surface area contributed by atoms with Crippen LogP contribution < -0.4 is 4.74 Å². The van der Waals surface area contributed by atoms with Crippen LogP contribution in [0.1, 0.15) is 37.8 Å². The van der Waals surface area contributed by atoms with Crippen molar-refractivity contribution in [1.82, 2.24) is 9.80 Å². The van der Waals surface area contributed by atoms with Gasteiger partial charge in [-0.1, -0.05) is 18.2 Å². The predicted molar refractivity (Wildman–Crippen MR) is 115 cm³/mol. The molecular weight excluding hydrogens is 402 g/mol. The first-order valence-electron chi connectivity index (χ1n) is 10.6. The fraction of sp³-hybridized carbons (Fsp3) is 0.458. The molecule has 0 N–H and O–H groups in total. The van der Waals surface area contributed by atoms with Gasteiger partial charge in [0.2, 0.25) is 0 Å². The van der Waals surface area contributed by atoms with Gasteiger partial charge in [-0.3, -0.25) is 0 Å². The summed E-state index contributed by atoms with van der Waals surface area (Å²) in [6.07, 6.45) is 1.13. The van der Waals surface area contributed by atoms with Gasteiger partial charge in [0.1, 0.15) is 24.0 Å². The summed E-state index contributed by atoms with van der Waals surface area (Å²) in [6.45, 7) is 5.75. The van der Waals surface area contributed by atoms with Crippen LogP contribution in [-0.4, -0.2) is 48.2 Å². The molecule has 0 aliphatic carbocycles. The molecule has 3 rings (SSSR count). The summed E-state index contributed by atoms with van der Waals surface area (Å²) in [5, 5.41) is 0. The standard InChI is InChI=1S/C24H30F2N2O3/c1-17(2)31-22-8-4-18(5-9-22)16-30-24(29)28(21-10-12-27(3)13-11-21)15-19-6-7-20(25)14-23(19)26/h4-9,14,17,21H,10-13,15-16H2,1-3H3. The van der Waals surface area contributed by atoms with Crippen molar-refractivity contribution in [2.45, 2.75) is 52.0 Å². The van der Waals surface area contributed by atoms with Crippen LogP contribution in [0.15, 0.2) is 42.5 Å². The van der Waals surface area contributed by atoms with E-state index in [1.54, 1.807) is 4.90 Å². The van der Waals surface area contributed by atoms with Crippen LogP contribution in [0.2, 0.25) is 0 Å². The first-order valence-corrected chi connectivity index (χ1v) is 10.6. The van der Waals surface area contributed by atoms with Gasteiger partial charge in [-0.05, 0) is 70.6 Å². The molecule has 0 aromatic heterocycles. The summed E-state index contributed by atoms with van der Waals surface area (Å²) in [7, 11) is 2.03. The first-order chi connectivity index (χ1) is 14.8. The van der Waals surface area contributed by atoms with E-state index < -0.39 is 17.7 Å². The summed E-state index contributed by atoms with van der Waals surface area (Å²) in [5.41, 5.74) is 1.10. The predicted octanol–water partition coefficient (Wildman–Crippen LogP) is 4.99. The molecule has 0 atom stereocenters. The van der Waals surface area contributed by atoms with Gasteiger partial charge in [-0.15, -0.1) is 0 Å². The zero-order valence-corrected chi connectivity index (χ0v) is 18.3. The number of hydrogen-bond acceptors (Lipinski definition) is 4. The molecule has 0 spiro atoms. The Labute approximate surface area is 182 Å². The second-order valence-electron chi connectivity index (χ2n) is 8.26. The van der Waals surface area contributed by atoms with Gasteiger partial charge >= 0.3 is 6.09 Å². The molecule has 1 aliphatic rings. The monoisotopic (exact) mass is 432 g/mol. The number of likely N-dealkylation sites (tertiary alicyclic amines) is 1. The number of carbonyl (C=O) groups is 1. The third kappa shape index (κ3) is 6.66. The molecule has 5 nitrogen and oxygen atoms in total. The molecule has 1 saturated heterocycles. The molecule has 1 amide bonds. The van der Waals surface area contributed by atoms with Crippen LogP contribution in [-0.2, 0) is 17.9 Å². The third-order valence-electron chi connectivity index (χ3n) is 5.38. The van der Waals surface area contributed by atoms with Crippen molar-refractivity contribution in [2.24, 2.45) is 0 Å². The van der Waals surface area contributed by atoms with E-state index in [0.29, 0.717) is 0 Å². The highest BCUT2D eigenvalue weighted by atomic mass is 19.1. The zero-order chi connectivity index (χ0) is 22.4. The highest BCUT2D eigenvalue weighted by molar-refractivity contribution is 5.68. The van der Waals surface area contributed by atoms with Gasteiger partial charge in [0, 0.05) is 17.7 Å². The Morgan fingerprint density at radius 2 is 1.81 bits per heavy atom. The summed E-state index contributed by atoms with van der Waals surface area (Å²) in [4.78, 5) is 16.7. The molecule has 1 heterocycles. The Hall–Kier alpha value is -2.67. The molecule has 0 unspecified atom stereocenters. The molecule has 0 bridgehead atoms. The molecule has 2 aromatic rings. The van der Waals surface area contributed by atoms with Gasteiger partial charge in [0.05, 0.1) is 12.6 Å². The number of hydrogen-bond donors (Lipinski definition) is 0. The summed E-state index contributed by atoms with van der Waals surface area (Å²) in [5.74, 6) is -0.546. The van der Waals surface area contributed by atoms with E-state index in [2.05, 4.69) is 4.90 Å². The molecule has 1 fully saturated rings. The van der Waals surface area contributed by atoms with E-state index in [1.807, 2.05) is 45.2 Å². The van der Waals surface area contributed by atoms with Crippen LogP contribution in [0.5, 0.6) is 5.75 Å². The summed E-state index contributed by atoms with van der Waals surface area (Å²) in [6, 6.07) is 10.8. The fourth-order valence-electron chi connectivity index (χ4n) is 3.65. The summed E-state index contributed by atoms with van der Waals surface area (Å²) < 4.78 is 38.7. The quantitative estimate of drug-likeness (QED) is 0.619. The van der Waals surface area contributed by atoms with Gasteiger partial charge in [0.15, 0.2) is 0 Å². The van der Waals surface area contributed by atoms with Crippen molar-refractivity contribution in [3.63, 3.8) is 0 Å². The number of ether oxygens (including phenoxy) is 2. The summed E-state index contributed by atoms with van der Waals surface area (Å²) >= 11 is 0. The topological polar surface area (TPSA) is 42.0 Å². The normalized spacial score (nSPS) is 15.2. The molecule has 31 heavy (non-hydrogen) atoms. The second-order valence-corrected chi connectivity index (χ2v) is 8.26. The Bertz CT molecular complexity index is 866. The minimum Gasteiger partial charge on any atom is -0.491 e. The van der Waals surface area contributed by atoms with Crippen LogP contribution in [0.3, 0.4) is 0 Å². The number of nitrogens with zero attached hydrogens (tertiary/aromatic N) is 2. The molecular formula is C24H30F2N2O3. The zero-order valence-electron chi connectivity index (χ0n) is 18.3. The Morgan fingerprint density at radius 3 is 2.42 bits per heavy atom. The second kappa shape index (κ2) is 10.6. The van der Waals surface area contributed by atoms with E-state index in [-0.39, 0.29) is 30.9 Å². The lowest BCUT2D eigenvalue weighted by molar-refractivity contribution is 0.0599. The van der Waals surface area contributed by atoms with E-state index in [0.717, 1.165) is 43.3 Å². The third-order valence-corrected chi connectivity index (χ3v) is 5.38. The Morgan fingerprint density at radius 1 is 1.13 bits per heavy atom. The molecule has 7 heteroatoms. The molecule has 2 aromatic carbocycles. The molecule has 0 radical (unpaired) electrons. The number of amides is 1. The Balaban J connectivity index is 1.68. The largest absolute Gasteiger partial charge is 0.491 e. The number of benzene rings is 2. The maximum absolute atomic E-state index is 14.2. The highest BCUT2D eigenvalue weighted by Crippen LogP contribution is 2.22. The van der Waals surface area contributed by atoms with Crippen molar-refractivity contribution in [1.29, 1.82) is 0 Å². The Kier molecular flexibility index (Phi) is 7.85. The van der Waals surface area contributed by atoms with Crippen molar-refractivity contribution in [3.05, 3.63) is 65.2 Å². The number of rotatable bonds is 7. The van der Waals surface area contributed by atoms with Crippen LogP contribution in [0, 0.1) is 11.6 Å². The van der Waals surface area contributed by atoms with Gasteiger partial charge in [-0.25, -0.2) is 13.6 Å². The van der Waals surface area contributed by atoms with Gasteiger partial charge in [0.25, 0.3) is 0 Å². The average molecular weight is 433 g/mol. The first kappa shape index (κ1) is 23.0. The van der Waals surface area contributed by atoms with Crippen molar-refractivity contribution in [2.75, 3.05) is 20.1 Å². The number of halogens is 2. The van der Waals surface area contributed by atoms with E-state index in [1.165, 1.54) is 12.1 Å². The van der Waals surface area contributed by atoms with E-state index in [9.17, 15) is 13.6 Å². The maximum atomic E-state index is 14.2. The number of piperidine rings is 1. The smallest absolute Gasteiger partial charge is 0.410 e. The minimum absolute atomic E-state index is 0.0422. The van der Waals surface area contributed by atoms with Crippen LogP contribution >= 0.6 is 0 Å².